The highest BCUT2D eigenvalue weighted by molar-refractivity contribution is 6.39. The summed E-state index contributed by atoms with van der Waals surface area (Å²) in [4.78, 5) is 17.4. The number of rotatable bonds is 4. The fourth-order valence-corrected chi connectivity index (χ4v) is 3.81. The van der Waals surface area contributed by atoms with E-state index in [-0.39, 0.29) is 5.91 Å². The Hall–Kier alpha value is -3.12. The van der Waals surface area contributed by atoms with Crippen molar-refractivity contribution >= 4 is 34.1 Å². The van der Waals surface area contributed by atoms with Gasteiger partial charge in [-0.1, -0.05) is 29.8 Å². The summed E-state index contributed by atoms with van der Waals surface area (Å²) >= 11 is 6.46. The molecule has 0 spiro atoms. The molecule has 1 amide bonds. The largest absolute Gasteiger partial charge is 0.338 e. The molecule has 0 aliphatic heterocycles. The van der Waals surface area contributed by atoms with Gasteiger partial charge < -0.3 is 9.88 Å². The predicted molar refractivity (Wildman–Crippen MR) is 110 cm³/mol. The van der Waals surface area contributed by atoms with Crippen molar-refractivity contribution in [3.05, 3.63) is 65.1 Å². The van der Waals surface area contributed by atoms with Crippen molar-refractivity contribution in [1.82, 2.24) is 19.7 Å². The van der Waals surface area contributed by atoms with Crippen LogP contribution < -0.4 is 5.32 Å². The van der Waals surface area contributed by atoms with Crippen molar-refractivity contribution in [1.29, 1.82) is 0 Å². The van der Waals surface area contributed by atoms with Gasteiger partial charge in [0, 0.05) is 35.1 Å². The van der Waals surface area contributed by atoms with Crippen LogP contribution in [0.5, 0.6) is 0 Å². The quantitative estimate of drug-likeness (QED) is 0.527. The predicted octanol–water partition coefficient (Wildman–Crippen LogP) is 4.75. The Morgan fingerprint density at radius 1 is 1.18 bits per heavy atom. The van der Waals surface area contributed by atoms with E-state index in [0.29, 0.717) is 28.1 Å². The zero-order chi connectivity index (χ0) is 19.3. The van der Waals surface area contributed by atoms with Crippen LogP contribution >= 0.6 is 11.6 Å². The number of benzene rings is 2. The van der Waals surface area contributed by atoms with Gasteiger partial charge in [-0.2, -0.15) is 5.10 Å². The number of hydrogen-bond donors (Lipinski definition) is 2. The van der Waals surface area contributed by atoms with Gasteiger partial charge in [0.25, 0.3) is 5.91 Å². The molecular formula is C21H18ClN5O. The number of hydrogen-bond acceptors (Lipinski definition) is 3. The van der Waals surface area contributed by atoms with Crippen LogP contribution in [-0.2, 0) is 7.05 Å². The van der Waals surface area contributed by atoms with E-state index < -0.39 is 0 Å². The molecule has 4 aromatic rings. The Bertz CT molecular complexity index is 1150. The van der Waals surface area contributed by atoms with E-state index in [0.717, 1.165) is 22.3 Å². The normalized spacial score (nSPS) is 13.8. The molecule has 1 aliphatic carbocycles. The molecule has 7 heteroatoms. The third-order valence-corrected chi connectivity index (χ3v) is 5.51. The van der Waals surface area contributed by atoms with Crippen LogP contribution in [0.1, 0.15) is 35.1 Å². The molecule has 28 heavy (non-hydrogen) atoms. The molecule has 0 bridgehead atoms. The van der Waals surface area contributed by atoms with Crippen molar-refractivity contribution in [2.75, 3.05) is 5.32 Å². The molecule has 0 saturated heterocycles. The van der Waals surface area contributed by atoms with Crippen molar-refractivity contribution in [3.63, 3.8) is 0 Å². The number of halogens is 1. The lowest BCUT2D eigenvalue weighted by Crippen LogP contribution is -2.16. The first kappa shape index (κ1) is 17.0. The molecular weight excluding hydrogens is 374 g/mol. The molecule has 0 atom stereocenters. The molecule has 1 saturated carbocycles. The summed E-state index contributed by atoms with van der Waals surface area (Å²) in [5.74, 6) is 1.92. The maximum Gasteiger partial charge on any atom is 0.273 e. The number of carbonyl (C=O) groups is 1. The highest BCUT2D eigenvalue weighted by atomic mass is 35.5. The summed E-state index contributed by atoms with van der Waals surface area (Å²) in [5.41, 5.74) is 2.95. The highest BCUT2D eigenvalue weighted by Gasteiger charge is 2.27. The van der Waals surface area contributed by atoms with Crippen molar-refractivity contribution < 1.29 is 4.79 Å². The van der Waals surface area contributed by atoms with E-state index >= 15 is 0 Å². The monoisotopic (exact) mass is 391 g/mol. The molecule has 2 aromatic carbocycles. The fraction of sp³-hybridized carbons (Fsp3) is 0.190. The number of fused-ring (bicyclic) bond motifs is 1. The average Bonchev–Trinajstić information content (AvgIpc) is 3.39. The second-order valence-corrected chi connectivity index (χ2v) is 7.47. The number of aromatic amines is 1. The lowest BCUT2D eigenvalue weighted by Gasteiger charge is -2.07. The van der Waals surface area contributed by atoms with Crippen molar-refractivity contribution in [2.24, 2.45) is 7.05 Å². The Morgan fingerprint density at radius 3 is 2.64 bits per heavy atom. The van der Waals surface area contributed by atoms with E-state index in [9.17, 15) is 4.79 Å². The Kier molecular flexibility index (Phi) is 3.94. The molecule has 0 unspecified atom stereocenters. The number of anilines is 1. The minimum Gasteiger partial charge on any atom is -0.338 e. The zero-order valence-corrected chi connectivity index (χ0v) is 16.0. The fourth-order valence-electron chi connectivity index (χ4n) is 3.43. The van der Waals surface area contributed by atoms with Crippen LogP contribution in [0, 0.1) is 0 Å². The second kappa shape index (κ2) is 6.49. The summed E-state index contributed by atoms with van der Waals surface area (Å²) in [6.07, 6.45) is 2.35. The third-order valence-electron chi connectivity index (χ3n) is 5.13. The number of amides is 1. The van der Waals surface area contributed by atoms with Crippen LogP contribution in [0.15, 0.2) is 48.5 Å². The van der Waals surface area contributed by atoms with Crippen LogP contribution in [0.4, 0.5) is 5.69 Å². The Balaban J connectivity index is 1.38. The summed E-state index contributed by atoms with van der Waals surface area (Å²) in [6.45, 7) is 0. The lowest BCUT2D eigenvalue weighted by molar-refractivity contribution is 0.102. The molecule has 1 fully saturated rings. The maximum atomic E-state index is 12.8. The number of nitrogens with one attached hydrogen (secondary N) is 2. The minimum atomic E-state index is -0.245. The van der Waals surface area contributed by atoms with Gasteiger partial charge in [0.15, 0.2) is 5.82 Å². The number of H-pyrrole nitrogens is 1. The standard InChI is InChI=1S/C21H18ClN5O/c1-27-16-5-3-2-4-15(16)17(22)18(27)21(28)23-14-10-8-13(9-11-14)20-24-19(25-26-20)12-6-7-12/h2-5,8-12H,6-7H2,1H3,(H,23,28)(H,24,25,26). The molecule has 5 rings (SSSR count). The maximum absolute atomic E-state index is 12.8. The van der Waals surface area contributed by atoms with E-state index in [4.69, 9.17) is 11.6 Å². The summed E-state index contributed by atoms with van der Waals surface area (Å²) in [7, 11) is 1.84. The number of carbonyl (C=O) groups excluding carboxylic acids is 1. The van der Waals surface area contributed by atoms with Gasteiger partial charge >= 0.3 is 0 Å². The molecule has 2 heterocycles. The first-order valence-electron chi connectivity index (χ1n) is 9.19. The zero-order valence-electron chi connectivity index (χ0n) is 15.2. The van der Waals surface area contributed by atoms with Crippen molar-refractivity contribution in [3.8, 4) is 11.4 Å². The summed E-state index contributed by atoms with van der Waals surface area (Å²) in [6, 6.07) is 15.2. The topological polar surface area (TPSA) is 75.6 Å². The van der Waals surface area contributed by atoms with Crippen LogP contribution in [-0.4, -0.2) is 25.7 Å². The van der Waals surface area contributed by atoms with Gasteiger partial charge in [0.1, 0.15) is 11.5 Å². The minimum absolute atomic E-state index is 0.245. The molecule has 0 radical (unpaired) electrons. The van der Waals surface area contributed by atoms with Crippen LogP contribution in [0.3, 0.4) is 0 Å². The number of para-hydroxylation sites is 1. The first-order chi connectivity index (χ1) is 13.6. The highest BCUT2D eigenvalue weighted by Crippen LogP contribution is 2.38. The molecule has 2 aromatic heterocycles. The number of nitrogens with zero attached hydrogens (tertiary/aromatic N) is 3. The van der Waals surface area contributed by atoms with Crippen LogP contribution in [0.25, 0.3) is 22.3 Å². The Labute approximate surface area is 166 Å². The van der Waals surface area contributed by atoms with E-state index in [1.165, 1.54) is 12.8 Å². The summed E-state index contributed by atoms with van der Waals surface area (Å²) < 4.78 is 1.81. The smallest absolute Gasteiger partial charge is 0.273 e. The van der Waals surface area contributed by atoms with Gasteiger partial charge in [-0.25, -0.2) is 4.98 Å². The average molecular weight is 392 g/mol. The molecule has 2 N–H and O–H groups in total. The summed E-state index contributed by atoms with van der Waals surface area (Å²) in [5, 5.41) is 11.5. The molecule has 6 nitrogen and oxygen atoms in total. The molecule has 1 aliphatic rings. The van der Waals surface area contributed by atoms with Gasteiger partial charge in [0.2, 0.25) is 0 Å². The first-order valence-corrected chi connectivity index (χ1v) is 9.56. The van der Waals surface area contributed by atoms with Gasteiger partial charge in [-0.3, -0.25) is 9.89 Å². The SMILES string of the molecule is Cn1c(C(=O)Nc2ccc(-c3n[nH]c(C4CC4)n3)cc2)c(Cl)c2ccccc21. The van der Waals surface area contributed by atoms with Gasteiger partial charge in [-0.05, 0) is 43.2 Å². The lowest BCUT2D eigenvalue weighted by atomic mass is 10.2. The van der Waals surface area contributed by atoms with E-state index in [1.807, 2.05) is 60.1 Å². The third kappa shape index (κ3) is 2.86. The van der Waals surface area contributed by atoms with Gasteiger partial charge in [0.05, 0.1) is 5.02 Å². The second-order valence-electron chi connectivity index (χ2n) is 7.09. The number of aromatic nitrogens is 4. The van der Waals surface area contributed by atoms with Gasteiger partial charge in [-0.15, -0.1) is 0 Å². The number of aryl methyl sites for hydroxylation is 1. The van der Waals surface area contributed by atoms with E-state index in [1.54, 1.807) is 0 Å². The van der Waals surface area contributed by atoms with Crippen molar-refractivity contribution in [2.45, 2.75) is 18.8 Å². The van der Waals surface area contributed by atoms with Crippen LogP contribution in [0.2, 0.25) is 5.02 Å². The van der Waals surface area contributed by atoms with E-state index in [2.05, 4.69) is 20.5 Å². The Morgan fingerprint density at radius 2 is 1.93 bits per heavy atom. The molecule has 140 valence electrons.